The van der Waals surface area contributed by atoms with Crippen LogP contribution in [0.5, 0.6) is 0 Å². The molecule has 0 bridgehead atoms. The number of hydrogen-bond donors (Lipinski definition) is 1. The van der Waals surface area contributed by atoms with Gasteiger partial charge in [0.1, 0.15) is 0 Å². The second-order valence-corrected chi connectivity index (χ2v) is 5.23. The molecule has 3 heteroatoms. The standard InChI is InChI=1S/C11H18N2S/c1-9-5-4-6-13-10(9)7-14-8-11(2,3)12/h4-6H,7-8,12H2,1-3H3. The van der Waals surface area contributed by atoms with E-state index in [1.165, 1.54) is 11.3 Å². The van der Waals surface area contributed by atoms with E-state index in [1.807, 2.05) is 37.9 Å². The highest BCUT2D eigenvalue weighted by molar-refractivity contribution is 7.98. The number of aromatic nitrogens is 1. The molecule has 0 amide bonds. The van der Waals surface area contributed by atoms with Gasteiger partial charge in [-0.25, -0.2) is 0 Å². The topological polar surface area (TPSA) is 38.9 Å². The summed E-state index contributed by atoms with van der Waals surface area (Å²) in [5.74, 6) is 1.91. The normalized spacial score (nSPS) is 11.7. The van der Waals surface area contributed by atoms with Crippen molar-refractivity contribution in [2.45, 2.75) is 32.1 Å². The molecule has 0 unspecified atom stereocenters. The van der Waals surface area contributed by atoms with Gasteiger partial charge >= 0.3 is 0 Å². The third kappa shape index (κ3) is 4.11. The molecule has 14 heavy (non-hydrogen) atoms. The zero-order valence-electron chi connectivity index (χ0n) is 9.08. The van der Waals surface area contributed by atoms with Crippen LogP contribution in [0.25, 0.3) is 0 Å². The van der Waals surface area contributed by atoms with Gasteiger partial charge in [-0.1, -0.05) is 6.07 Å². The van der Waals surface area contributed by atoms with Crippen molar-refractivity contribution in [3.63, 3.8) is 0 Å². The largest absolute Gasteiger partial charge is 0.325 e. The van der Waals surface area contributed by atoms with Gasteiger partial charge < -0.3 is 5.73 Å². The SMILES string of the molecule is Cc1cccnc1CSCC(C)(C)N. The van der Waals surface area contributed by atoms with Gasteiger partial charge in [0, 0.05) is 23.2 Å². The van der Waals surface area contributed by atoms with Crippen molar-refractivity contribution in [2.24, 2.45) is 5.73 Å². The van der Waals surface area contributed by atoms with Gasteiger partial charge in [-0.3, -0.25) is 4.98 Å². The lowest BCUT2D eigenvalue weighted by atomic mass is 10.1. The predicted octanol–water partition coefficient (Wildman–Crippen LogP) is 2.36. The smallest absolute Gasteiger partial charge is 0.0531 e. The van der Waals surface area contributed by atoms with Crippen molar-refractivity contribution in [3.8, 4) is 0 Å². The number of nitrogens with zero attached hydrogens (tertiary/aromatic N) is 1. The monoisotopic (exact) mass is 210 g/mol. The Hall–Kier alpha value is -0.540. The third-order valence-corrected chi connectivity index (χ3v) is 3.26. The Morgan fingerprint density at radius 2 is 2.21 bits per heavy atom. The van der Waals surface area contributed by atoms with Crippen LogP contribution in [0.15, 0.2) is 18.3 Å². The highest BCUT2D eigenvalue weighted by Crippen LogP contribution is 2.16. The van der Waals surface area contributed by atoms with Gasteiger partial charge in [-0.2, -0.15) is 11.8 Å². The van der Waals surface area contributed by atoms with Crippen LogP contribution in [-0.4, -0.2) is 16.3 Å². The second kappa shape index (κ2) is 4.80. The Bertz CT molecular complexity index is 292. The number of pyridine rings is 1. The Kier molecular flexibility index (Phi) is 3.96. The van der Waals surface area contributed by atoms with Crippen LogP contribution in [-0.2, 0) is 5.75 Å². The van der Waals surface area contributed by atoms with Crippen LogP contribution in [0.4, 0.5) is 0 Å². The molecule has 0 spiro atoms. The molecule has 0 aliphatic carbocycles. The number of nitrogens with two attached hydrogens (primary N) is 1. The summed E-state index contributed by atoms with van der Waals surface area (Å²) in [6.07, 6.45) is 1.84. The van der Waals surface area contributed by atoms with E-state index in [0.29, 0.717) is 0 Å². The lowest BCUT2D eigenvalue weighted by Gasteiger charge is -2.17. The first kappa shape index (κ1) is 11.5. The molecule has 2 N–H and O–H groups in total. The molecule has 1 aromatic heterocycles. The highest BCUT2D eigenvalue weighted by atomic mass is 32.2. The minimum Gasteiger partial charge on any atom is -0.325 e. The maximum atomic E-state index is 5.90. The number of thioether (sulfide) groups is 1. The fourth-order valence-electron chi connectivity index (χ4n) is 1.08. The van der Waals surface area contributed by atoms with Gasteiger partial charge in [-0.05, 0) is 32.4 Å². The zero-order chi connectivity index (χ0) is 10.6. The molecule has 0 saturated carbocycles. The number of hydrogen-bond acceptors (Lipinski definition) is 3. The number of rotatable bonds is 4. The third-order valence-electron chi connectivity index (χ3n) is 1.83. The summed E-state index contributed by atoms with van der Waals surface area (Å²) in [5.41, 5.74) is 8.23. The minimum atomic E-state index is -0.0899. The van der Waals surface area contributed by atoms with Crippen LogP contribution in [0, 0.1) is 6.92 Å². The Morgan fingerprint density at radius 3 is 2.79 bits per heavy atom. The predicted molar refractivity (Wildman–Crippen MR) is 63.4 cm³/mol. The van der Waals surface area contributed by atoms with Crippen molar-refractivity contribution in [2.75, 3.05) is 5.75 Å². The maximum Gasteiger partial charge on any atom is 0.0531 e. The maximum absolute atomic E-state index is 5.90. The average molecular weight is 210 g/mol. The van der Waals surface area contributed by atoms with Crippen LogP contribution >= 0.6 is 11.8 Å². The summed E-state index contributed by atoms with van der Waals surface area (Å²) < 4.78 is 0. The summed E-state index contributed by atoms with van der Waals surface area (Å²) in [6.45, 7) is 6.19. The van der Waals surface area contributed by atoms with Crippen LogP contribution in [0.3, 0.4) is 0 Å². The molecular formula is C11H18N2S. The Morgan fingerprint density at radius 1 is 1.50 bits per heavy atom. The molecule has 0 aliphatic rings. The summed E-state index contributed by atoms with van der Waals surface area (Å²) in [6, 6.07) is 4.06. The van der Waals surface area contributed by atoms with Crippen molar-refractivity contribution in [3.05, 3.63) is 29.6 Å². The van der Waals surface area contributed by atoms with E-state index in [0.717, 1.165) is 11.5 Å². The summed E-state index contributed by atoms with van der Waals surface area (Å²) in [5, 5.41) is 0. The van der Waals surface area contributed by atoms with Gasteiger partial charge in [0.2, 0.25) is 0 Å². The highest BCUT2D eigenvalue weighted by Gasteiger charge is 2.10. The first-order valence-electron chi connectivity index (χ1n) is 4.76. The van der Waals surface area contributed by atoms with Crippen LogP contribution in [0.2, 0.25) is 0 Å². The van der Waals surface area contributed by atoms with E-state index in [-0.39, 0.29) is 5.54 Å². The molecule has 0 aromatic carbocycles. The molecule has 0 atom stereocenters. The Balaban J connectivity index is 2.43. The fraction of sp³-hybridized carbons (Fsp3) is 0.545. The fourth-order valence-corrected chi connectivity index (χ4v) is 2.20. The minimum absolute atomic E-state index is 0.0899. The average Bonchev–Trinajstić information content (AvgIpc) is 2.06. The van der Waals surface area contributed by atoms with E-state index in [9.17, 15) is 0 Å². The molecule has 0 saturated heterocycles. The first-order valence-corrected chi connectivity index (χ1v) is 5.91. The molecule has 0 fully saturated rings. The van der Waals surface area contributed by atoms with Crippen molar-refractivity contribution >= 4 is 11.8 Å². The van der Waals surface area contributed by atoms with E-state index < -0.39 is 0 Å². The van der Waals surface area contributed by atoms with Crippen molar-refractivity contribution < 1.29 is 0 Å². The summed E-state index contributed by atoms with van der Waals surface area (Å²) in [7, 11) is 0. The molecule has 1 rings (SSSR count). The number of aryl methyl sites for hydroxylation is 1. The molecule has 0 aliphatic heterocycles. The van der Waals surface area contributed by atoms with E-state index in [4.69, 9.17) is 5.73 Å². The van der Waals surface area contributed by atoms with E-state index >= 15 is 0 Å². The lowest BCUT2D eigenvalue weighted by molar-refractivity contribution is 0.591. The molecule has 1 aromatic rings. The van der Waals surface area contributed by atoms with Crippen molar-refractivity contribution in [1.29, 1.82) is 0 Å². The van der Waals surface area contributed by atoms with Crippen LogP contribution < -0.4 is 5.73 Å². The van der Waals surface area contributed by atoms with Gasteiger partial charge in [0.05, 0.1) is 5.69 Å². The molecular weight excluding hydrogens is 192 g/mol. The second-order valence-electron chi connectivity index (χ2n) is 4.25. The van der Waals surface area contributed by atoms with Gasteiger partial charge in [-0.15, -0.1) is 0 Å². The first-order chi connectivity index (χ1) is 6.49. The molecule has 0 radical (unpaired) electrons. The molecule has 2 nitrogen and oxygen atoms in total. The lowest BCUT2D eigenvalue weighted by Crippen LogP contribution is -2.34. The van der Waals surface area contributed by atoms with Crippen molar-refractivity contribution in [1.82, 2.24) is 4.98 Å². The summed E-state index contributed by atoms with van der Waals surface area (Å²) in [4.78, 5) is 4.34. The van der Waals surface area contributed by atoms with E-state index in [1.54, 1.807) is 0 Å². The van der Waals surface area contributed by atoms with Crippen LogP contribution in [0.1, 0.15) is 25.1 Å². The van der Waals surface area contributed by atoms with E-state index in [2.05, 4.69) is 18.0 Å². The van der Waals surface area contributed by atoms with Gasteiger partial charge in [0.25, 0.3) is 0 Å². The molecule has 78 valence electrons. The molecule has 1 heterocycles. The Labute approximate surface area is 90.3 Å². The summed E-state index contributed by atoms with van der Waals surface area (Å²) >= 11 is 1.84. The van der Waals surface area contributed by atoms with Gasteiger partial charge in [0.15, 0.2) is 0 Å². The quantitative estimate of drug-likeness (QED) is 0.829. The zero-order valence-corrected chi connectivity index (χ0v) is 9.90.